The number of hydrogen-bond acceptors (Lipinski definition) is 1. The van der Waals surface area contributed by atoms with Crippen LogP contribution in [0.2, 0.25) is 0 Å². The van der Waals surface area contributed by atoms with Crippen LogP contribution in [0.4, 0.5) is 10.1 Å². The molecule has 0 aliphatic rings. The normalized spacial score (nSPS) is 10.4. The number of benzene rings is 2. The first-order chi connectivity index (χ1) is 7.65. The standard InChI is InChI=1S/C13H11BrFN/c14-11-3-6-13(16)10(8-11)7-9-1-4-12(15)5-2-9/h1-6,8H,7,16H2. The Bertz CT molecular complexity index is 494. The molecule has 0 unspecified atom stereocenters. The van der Waals surface area contributed by atoms with Gasteiger partial charge in [0.05, 0.1) is 0 Å². The summed E-state index contributed by atoms with van der Waals surface area (Å²) in [7, 11) is 0. The van der Waals surface area contributed by atoms with Gasteiger partial charge in [-0.25, -0.2) is 4.39 Å². The number of halogens is 2. The van der Waals surface area contributed by atoms with Crippen LogP contribution in [0, 0.1) is 5.82 Å². The zero-order chi connectivity index (χ0) is 11.5. The number of rotatable bonds is 2. The third kappa shape index (κ3) is 2.61. The van der Waals surface area contributed by atoms with Gasteiger partial charge in [0.25, 0.3) is 0 Å². The molecule has 0 heterocycles. The van der Waals surface area contributed by atoms with E-state index in [0.29, 0.717) is 6.42 Å². The summed E-state index contributed by atoms with van der Waals surface area (Å²) >= 11 is 3.41. The van der Waals surface area contributed by atoms with Crippen LogP contribution in [0.3, 0.4) is 0 Å². The van der Waals surface area contributed by atoms with Gasteiger partial charge in [-0.2, -0.15) is 0 Å². The SMILES string of the molecule is Nc1ccc(Br)cc1Cc1ccc(F)cc1. The van der Waals surface area contributed by atoms with Gasteiger partial charge in [-0.1, -0.05) is 28.1 Å². The first-order valence-corrected chi connectivity index (χ1v) is 5.73. The minimum atomic E-state index is -0.217. The maximum absolute atomic E-state index is 12.7. The Morgan fingerprint density at radius 2 is 1.75 bits per heavy atom. The Morgan fingerprint density at radius 1 is 1.06 bits per heavy atom. The zero-order valence-corrected chi connectivity index (χ0v) is 10.2. The molecule has 2 aromatic carbocycles. The Labute approximate surface area is 102 Å². The smallest absolute Gasteiger partial charge is 0.123 e. The molecule has 0 fully saturated rings. The molecule has 3 heteroatoms. The highest BCUT2D eigenvalue weighted by Crippen LogP contribution is 2.21. The molecule has 0 aromatic heterocycles. The van der Waals surface area contributed by atoms with Crippen LogP contribution in [0.5, 0.6) is 0 Å². The molecule has 0 amide bonds. The molecule has 0 saturated heterocycles. The van der Waals surface area contributed by atoms with Gasteiger partial charge in [0, 0.05) is 10.2 Å². The van der Waals surface area contributed by atoms with Gasteiger partial charge < -0.3 is 5.73 Å². The van der Waals surface area contributed by atoms with Gasteiger partial charge >= 0.3 is 0 Å². The second-order valence-electron chi connectivity index (χ2n) is 3.65. The third-order valence-corrected chi connectivity index (χ3v) is 2.91. The molecular weight excluding hydrogens is 269 g/mol. The first kappa shape index (κ1) is 11.1. The highest BCUT2D eigenvalue weighted by molar-refractivity contribution is 9.10. The molecule has 1 nitrogen and oxygen atoms in total. The van der Waals surface area contributed by atoms with E-state index in [1.54, 1.807) is 12.1 Å². The molecule has 0 atom stereocenters. The summed E-state index contributed by atoms with van der Waals surface area (Å²) in [6.45, 7) is 0. The number of nitrogens with two attached hydrogens (primary N) is 1. The molecule has 2 aromatic rings. The predicted octanol–water partition coefficient (Wildman–Crippen LogP) is 3.76. The number of anilines is 1. The van der Waals surface area contributed by atoms with Gasteiger partial charge in [-0.3, -0.25) is 0 Å². The van der Waals surface area contributed by atoms with Crippen molar-refractivity contribution in [2.45, 2.75) is 6.42 Å². The third-order valence-electron chi connectivity index (χ3n) is 2.41. The monoisotopic (exact) mass is 279 g/mol. The minimum absolute atomic E-state index is 0.217. The van der Waals surface area contributed by atoms with Crippen molar-refractivity contribution in [3.63, 3.8) is 0 Å². The fourth-order valence-corrected chi connectivity index (χ4v) is 1.96. The van der Waals surface area contributed by atoms with Gasteiger partial charge in [0.15, 0.2) is 0 Å². The van der Waals surface area contributed by atoms with E-state index in [1.165, 1.54) is 12.1 Å². The number of nitrogen functional groups attached to an aromatic ring is 1. The van der Waals surface area contributed by atoms with Crippen LogP contribution in [-0.2, 0) is 6.42 Å². The van der Waals surface area contributed by atoms with Crippen LogP contribution >= 0.6 is 15.9 Å². The van der Waals surface area contributed by atoms with Crippen molar-refractivity contribution in [2.24, 2.45) is 0 Å². The molecule has 0 aliphatic carbocycles. The van der Waals surface area contributed by atoms with Crippen molar-refractivity contribution >= 4 is 21.6 Å². The van der Waals surface area contributed by atoms with E-state index in [0.717, 1.165) is 21.3 Å². The Kier molecular flexibility index (Phi) is 3.25. The Morgan fingerprint density at radius 3 is 2.44 bits per heavy atom. The van der Waals surface area contributed by atoms with Crippen molar-refractivity contribution < 1.29 is 4.39 Å². The van der Waals surface area contributed by atoms with E-state index in [2.05, 4.69) is 15.9 Å². The fourth-order valence-electron chi connectivity index (χ4n) is 1.55. The number of hydrogen-bond donors (Lipinski definition) is 1. The zero-order valence-electron chi connectivity index (χ0n) is 8.58. The van der Waals surface area contributed by atoms with Gasteiger partial charge in [0.1, 0.15) is 5.82 Å². The topological polar surface area (TPSA) is 26.0 Å². The van der Waals surface area contributed by atoms with Crippen molar-refractivity contribution in [2.75, 3.05) is 5.73 Å². The fraction of sp³-hybridized carbons (Fsp3) is 0.0769. The van der Waals surface area contributed by atoms with E-state index >= 15 is 0 Å². The molecule has 2 rings (SSSR count). The average Bonchev–Trinajstić information content (AvgIpc) is 2.27. The van der Waals surface area contributed by atoms with Crippen molar-refractivity contribution in [1.82, 2.24) is 0 Å². The molecule has 0 bridgehead atoms. The molecule has 0 saturated carbocycles. The van der Waals surface area contributed by atoms with Crippen LogP contribution in [0.25, 0.3) is 0 Å². The second kappa shape index (κ2) is 4.66. The van der Waals surface area contributed by atoms with Crippen LogP contribution in [-0.4, -0.2) is 0 Å². The summed E-state index contributed by atoms with van der Waals surface area (Å²) in [6, 6.07) is 12.2. The van der Waals surface area contributed by atoms with Crippen molar-refractivity contribution in [3.05, 3.63) is 63.9 Å². The summed E-state index contributed by atoms with van der Waals surface area (Å²) in [4.78, 5) is 0. The lowest BCUT2D eigenvalue weighted by Gasteiger charge is -2.06. The second-order valence-corrected chi connectivity index (χ2v) is 4.56. The summed E-state index contributed by atoms with van der Waals surface area (Å²) < 4.78 is 13.7. The Balaban J connectivity index is 2.26. The van der Waals surface area contributed by atoms with Gasteiger partial charge in [0.2, 0.25) is 0 Å². The molecule has 0 radical (unpaired) electrons. The van der Waals surface area contributed by atoms with Gasteiger partial charge in [-0.05, 0) is 47.9 Å². The van der Waals surface area contributed by atoms with Crippen molar-refractivity contribution in [3.8, 4) is 0 Å². The van der Waals surface area contributed by atoms with Crippen molar-refractivity contribution in [1.29, 1.82) is 0 Å². The quantitative estimate of drug-likeness (QED) is 0.833. The summed E-state index contributed by atoms with van der Waals surface area (Å²) in [6.07, 6.45) is 0.714. The van der Waals surface area contributed by atoms with Gasteiger partial charge in [-0.15, -0.1) is 0 Å². The Hall–Kier alpha value is -1.35. The summed E-state index contributed by atoms with van der Waals surface area (Å²) in [5.74, 6) is -0.217. The van der Waals surface area contributed by atoms with Crippen LogP contribution in [0.1, 0.15) is 11.1 Å². The highest BCUT2D eigenvalue weighted by atomic mass is 79.9. The largest absolute Gasteiger partial charge is 0.398 e. The van der Waals surface area contributed by atoms with E-state index in [-0.39, 0.29) is 5.82 Å². The molecule has 2 N–H and O–H groups in total. The lowest BCUT2D eigenvalue weighted by molar-refractivity contribution is 0.627. The summed E-state index contributed by atoms with van der Waals surface area (Å²) in [5.41, 5.74) is 8.72. The first-order valence-electron chi connectivity index (χ1n) is 4.93. The molecule has 82 valence electrons. The molecular formula is C13H11BrFN. The maximum atomic E-state index is 12.7. The molecule has 0 aliphatic heterocycles. The van der Waals surface area contributed by atoms with E-state index in [9.17, 15) is 4.39 Å². The molecule has 16 heavy (non-hydrogen) atoms. The van der Waals surface area contributed by atoms with E-state index < -0.39 is 0 Å². The predicted molar refractivity (Wildman–Crippen MR) is 67.8 cm³/mol. The average molecular weight is 280 g/mol. The molecule has 0 spiro atoms. The maximum Gasteiger partial charge on any atom is 0.123 e. The minimum Gasteiger partial charge on any atom is -0.398 e. The van der Waals surface area contributed by atoms with E-state index in [4.69, 9.17) is 5.73 Å². The van der Waals surface area contributed by atoms with E-state index in [1.807, 2.05) is 18.2 Å². The van der Waals surface area contributed by atoms with Crippen LogP contribution in [0.15, 0.2) is 46.9 Å². The highest BCUT2D eigenvalue weighted by Gasteiger charge is 2.02. The summed E-state index contributed by atoms with van der Waals surface area (Å²) in [5, 5.41) is 0. The van der Waals surface area contributed by atoms with Crippen LogP contribution < -0.4 is 5.73 Å². The lowest BCUT2D eigenvalue weighted by Crippen LogP contribution is -1.95. The lowest BCUT2D eigenvalue weighted by atomic mass is 10.0.